The summed E-state index contributed by atoms with van der Waals surface area (Å²) in [6.07, 6.45) is 2.52. The highest BCUT2D eigenvalue weighted by atomic mass is 35.5. The van der Waals surface area contributed by atoms with E-state index in [1.165, 1.54) is 0 Å². The molecule has 1 atom stereocenters. The molecule has 0 spiro atoms. The number of halogens is 1. The van der Waals surface area contributed by atoms with Gasteiger partial charge in [-0.1, -0.05) is 43.6 Å². The molecule has 2 nitrogen and oxygen atoms in total. The van der Waals surface area contributed by atoms with Crippen LogP contribution >= 0.6 is 11.6 Å². The molecule has 0 radical (unpaired) electrons. The molecule has 0 aromatic heterocycles. The quantitative estimate of drug-likeness (QED) is 0.770. The predicted molar refractivity (Wildman–Crippen MR) is 78.1 cm³/mol. The summed E-state index contributed by atoms with van der Waals surface area (Å²) in [7, 11) is 0. The van der Waals surface area contributed by atoms with E-state index >= 15 is 0 Å². The van der Waals surface area contributed by atoms with Crippen molar-refractivity contribution in [3.63, 3.8) is 0 Å². The number of benzene rings is 1. The number of hydrogen-bond acceptors (Lipinski definition) is 2. The second-order valence-corrected chi connectivity index (χ2v) is 5.04. The molecule has 1 aromatic rings. The molecule has 1 N–H and O–H groups in total. The molecule has 3 heteroatoms. The Labute approximate surface area is 116 Å². The largest absolute Gasteiger partial charge is 0.372 e. The third-order valence-corrected chi connectivity index (χ3v) is 3.53. The summed E-state index contributed by atoms with van der Waals surface area (Å²) in [6, 6.07) is 8.41. The summed E-state index contributed by atoms with van der Waals surface area (Å²) in [5.41, 5.74) is 1.05. The van der Waals surface area contributed by atoms with Crippen LogP contribution < -0.4 is 5.32 Å². The molecule has 1 unspecified atom stereocenters. The molecule has 0 heterocycles. The second-order valence-electron chi connectivity index (χ2n) is 4.63. The lowest BCUT2D eigenvalue weighted by atomic mass is 10.1. The van der Waals surface area contributed by atoms with Crippen molar-refractivity contribution in [1.29, 1.82) is 0 Å². The Kier molecular flexibility index (Phi) is 7.33. The minimum Gasteiger partial charge on any atom is -0.372 e. The highest BCUT2D eigenvalue weighted by molar-refractivity contribution is 6.31. The van der Waals surface area contributed by atoms with Crippen LogP contribution in [-0.4, -0.2) is 18.7 Å². The molecule has 0 amide bonds. The summed E-state index contributed by atoms with van der Waals surface area (Å²) < 4.78 is 5.80. The lowest BCUT2D eigenvalue weighted by Gasteiger charge is -2.19. The molecule has 0 saturated heterocycles. The molecule has 0 bridgehead atoms. The second kappa shape index (κ2) is 8.52. The number of hydrogen-bond donors (Lipinski definition) is 1. The van der Waals surface area contributed by atoms with E-state index in [9.17, 15) is 0 Å². The van der Waals surface area contributed by atoms with Crippen molar-refractivity contribution in [3.8, 4) is 0 Å². The first kappa shape index (κ1) is 15.5. The highest BCUT2D eigenvalue weighted by Gasteiger charge is 2.07. The van der Waals surface area contributed by atoms with E-state index in [2.05, 4.69) is 26.1 Å². The smallest absolute Gasteiger partial charge is 0.0735 e. The van der Waals surface area contributed by atoms with Crippen molar-refractivity contribution < 1.29 is 4.74 Å². The highest BCUT2D eigenvalue weighted by Crippen LogP contribution is 2.16. The van der Waals surface area contributed by atoms with Gasteiger partial charge in [-0.3, -0.25) is 0 Å². The van der Waals surface area contributed by atoms with Crippen molar-refractivity contribution >= 4 is 11.6 Å². The van der Waals surface area contributed by atoms with Crippen LogP contribution in [0.4, 0.5) is 0 Å². The van der Waals surface area contributed by atoms with E-state index in [4.69, 9.17) is 16.3 Å². The Morgan fingerprint density at radius 1 is 1.22 bits per heavy atom. The summed E-state index contributed by atoms with van der Waals surface area (Å²) in [5, 5.41) is 4.29. The van der Waals surface area contributed by atoms with Crippen molar-refractivity contribution in [3.05, 3.63) is 34.9 Å². The lowest BCUT2D eigenvalue weighted by molar-refractivity contribution is 0.0512. The van der Waals surface area contributed by atoms with E-state index in [1.807, 2.05) is 24.3 Å². The third-order valence-electron chi connectivity index (χ3n) is 3.16. The molecular formula is C15H24ClNO. The molecule has 0 aliphatic heterocycles. The molecule has 102 valence electrons. The van der Waals surface area contributed by atoms with Gasteiger partial charge in [-0.25, -0.2) is 0 Å². The molecule has 0 fully saturated rings. The minimum atomic E-state index is 0.196. The fourth-order valence-electron chi connectivity index (χ4n) is 1.82. The molecule has 1 rings (SSSR count). The zero-order valence-corrected chi connectivity index (χ0v) is 12.3. The normalized spacial score (nSPS) is 12.9. The molecule has 0 aliphatic rings. The van der Waals surface area contributed by atoms with Crippen molar-refractivity contribution in [1.82, 2.24) is 5.32 Å². The van der Waals surface area contributed by atoms with Crippen molar-refractivity contribution in [2.24, 2.45) is 0 Å². The zero-order chi connectivity index (χ0) is 13.4. The lowest BCUT2D eigenvalue weighted by Crippen LogP contribution is -2.34. The van der Waals surface area contributed by atoms with E-state index in [-0.39, 0.29) is 6.10 Å². The average molecular weight is 270 g/mol. The van der Waals surface area contributed by atoms with E-state index in [0.717, 1.165) is 30.0 Å². The molecule has 18 heavy (non-hydrogen) atoms. The minimum absolute atomic E-state index is 0.196. The Bertz CT molecular complexity index is 339. The predicted octanol–water partition coefficient (Wildman–Crippen LogP) is 4.02. The summed E-state index contributed by atoms with van der Waals surface area (Å²) in [5.74, 6) is 0. The van der Waals surface area contributed by atoms with Gasteiger partial charge in [0.2, 0.25) is 0 Å². The van der Waals surface area contributed by atoms with Crippen LogP contribution in [0.1, 0.15) is 39.2 Å². The van der Waals surface area contributed by atoms with Crippen LogP contribution in [0.5, 0.6) is 0 Å². The van der Waals surface area contributed by atoms with Crippen LogP contribution in [-0.2, 0) is 11.3 Å². The van der Waals surface area contributed by atoms with Gasteiger partial charge in [-0.15, -0.1) is 0 Å². The third kappa shape index (κ3) is 5.38. The Morgan fingerprint density at radius 2 is 1.89 bits per heavy atom. The average Bonchev–Trinajstić information content (AvgIpc) is 2.39. The van der Waals surface area contributed by atoms with Gasteiger partial charge in [-0.2, -0.15) is 0 Å². The van der Waals surface area contributed by atoms with Gasteiger partial charge < -0.3 is 10.1 Å². The summed E-state index contributed by atoms with van der Waals surface area (Å²) >= 11 is 6.08. The van der Waals surface area contributed by atoms with Crippen LogP contribution in [0.3, 0.4) is 0 Å². The number of nitrogens with one attached hydrogen (secondary N) is 1. The van der Waals surface area contributed by atoms with Crippen molar-refractivity contribution in [2.45, 2.75) is 52.4 Å². The maximum absolute atomic E-state index is 6.08. The summed E-state index contributed by atoms with van der Waals surface area (Å²) in [4.78, 5) is 0. The molecule has 0 aliphatic carbocycles. The van der Waals surface area contributed by atoms with Crippen molar-refractivity contribution in [2.75, 3.05) is 6.54 Å². The zero-order valence-electron chi connectivity index (χ0n) is 11.6. The van der Waals surface area contributed by atoms with Gasteiger partial charge in [0.25, 0.3) is 0 Å². The van der Waals surface area contributed by atoms with E-state index in [1.54, 1.807) is 0 Å². The molecule has 0 saturated carbocycles. The first-order valence-electron chi connectivity index (χ1n) is 6.75. The van der Waals surface area contributed by atoms with Crippen LogP contribution in [0.25, 0.3) is 0 Å². The van der Waals surface area contributed by atoms with Gasteiger partial charge in [0.1, 0.15) is 0 Å². The van der Waals surface area contributed by atoms with Gasteiger partial charge in [-0.05, 0) is 31.4 Å². The Balaban J connectivity index is 2.29. The molecular weight excluding hydrogens is 246 g/mol. The first-order chi connectivity index (χ1) is 8.67. The van der Waals surface area contributed by atoms with Gasteiger partial charge in [0.05, 0.1) is 12.7 Å². The van der Waals surface area contributed by atoms with Crippen LogP contribution in [0, 0.1) is 0 Å². The fourth-order valence-corrected chi connectivity index (χ4v) is 2.01. The van der Waals surface area contributed by atoms with Crippen LogP contribution in [0.2, 0.25) is 5.02 Å². The maximum atomic E-state index is 6.08. The SMILES string of the molecule is CCC(CC)NCC(C)OCc1ccccc1Cl. The van der Waals surface area contributed by atoms with Gasteiger partial charge in [0, 0.05) is 17.6 Å². The van der Waals surface area contributed by atoms with Gasteiger partial charge in [0.15, 0.2) is 0 Å². The first-order valence-corrected chi connectivity index (χ1v) is 7.13. The number of rotatable bonds is 8. The van der Waals surface area contributed by atoms with E-state index < -0.39 is 0 Å². The number of ether oxygens (including phenoxy) is 1. The Hall–Kier alpha value is -0.570. The van der Waals surface area contributed by atoms with E-state index in [0.29, 0.717) is 12.6 Å². The maximum Gasteiger partial charge on any atom is 0.0735 e. The van der Waals surface area contributed by atoms with Gasteiger partial charge >= 0.3 is 0 Å². The summed E-state index contributed by atoms with van der Waals surface area (Å²) in [6.45, 7) is 7.96. The molecule has 1 aromatic carbocycles. The fraction of sp³-hybridized carbons (Fsp3) is 0.600. The van der Waals surface area contributed by atoms with Crippen LogP contribution in [0.15, 0.2) is 24.3 Å². The standard InChI is InChI=1S/C15H24ClNO/c1-4-14(5-2)17-10-12(3)18-11-13-8-6-7-9-15(13)16/h6-9,12,14,17H,4-5,10-11H2,1-3H3. The topological polar surface area (TPSA) is 21.3 Å². The Morgan fingerprint density at radius 3 is 2.50 bits per heavy atom. The monoisotopic (exact) mass is 269 g/mol.